The molecule has 3 rings (SSSR count). The van der Waals surface area contributed by atoms with Gasteiger partial charge in [0.25, 0.3) is 5.91 Å². The summed E-state index contributed by atoms with van der Waals surface area (Å²) in [7, 11) is 0. The number of H-pyrrole nitrogens is 1. The molecular formula is C24H34N4O3. The minimum atomic E-state index is -0.289. The van der Waals surface area contributed by atoms with E-state index in [0.29, 0.717) is 24.4 Å². The van der Waals surface area contributed by atoms with Crippen LogP contribution in [0.3, 0.4) is 0 Å². The molecule has 7 heteroatoms. The number of oxime groups is 1. The number of ketones is 1. The predicted molar refractivity (Wildman–Crippen MR) is 123 cm³/mol. The summed E-state index contributed by atoms with van der Waals surface area (Å²) in [6.45, 7) is 14.8. The Labute approximate surface area is 184 Å². The van der Waals surface area contributed by atoms with Gasteiger partial charge in [0.15, 0.2) is 5.82 Å². The summed E-state index contributed by atoms with van der Waals surface area (Å²) in [6, 6.07) is 7.23. The average Bonchev–Trinajstić information content (AvgIpc) is 3.35. The number of Topliss-reactive ketones (excluding diaryl/α,β-unsaturated/α-hetero) is 1. The van der Waals surface area contributed by atoms with Gasteiger partial charge in [-0.25, -0.2) is 4.98 Å². The molecule has 31 heavy (non-hydrogen) atoms. The van der Waals surface area contributed by atoms with E-state index in [2.05, 4.69) is 55.1 Å². The molecule has 1 aliphatic rings. The Kier molecular flexibility index (Phi) is 7.76. The monoisotopic (exact) mass is 426 g/mol. The number of aromatic amines is 1. The van der Waals surface area contributed by atoms with Crippen LogP contribution < -0.4 is 5.32 Å². The van der Waals surface area contributed by atoms with Gasteiger partial charge in [-0.15, -0.1) is 0 Å². The van der Waals surface area contributed by atoms with Crippen molar-refractivity contribution in [2.24, 2.45) is 16.5 Å². The number of aromatic nitrogens is 2. The Hall–Kier alpha value is -2.96. The predicted octanol–water partition coefficient (Wildman–Crippen LogP) is 5.02. The standard InChI is InChI=1S/C14H15N3O2.C10H19NO/c1-2-12(18)9-10-3-5-11(6-4-10)17-14(19)13-15-7-8-16-13;1-7-8(2)11-12-10(7,6)9(3,4)5/h3-8H,2,9H2,1H3,(H,15,16)(H,17,19);7H,1-6H3. The van der Waals surface area contributed by atoms with Gasteiger partial charge in [-0.1, -0.05) is 51.9 Å². The van der Waals surface area contributed by atoms with E-state index in [0.717, 1.165) is 11.3 Å². The third-order valence-corrected chi connectivity index (χ3v) is 6.04. The van der Waals surface area contributed by atoms with Crippen molar-refractivity contribution in [2.75, 3.05) is 5.32 Å². The summed E-state index contributed by atoms with van der Waals surface area (Å²) in [5.74, 6) is 0.595. The van der Waals surface area contributed by atoms with E-state index < -0.39 is 0 Å². The fourth-order valence-corrected chi connectivity index (χ4v) is 3.15. The van der Waals surface area contributed by atoms with Gasteiger partial charge in [-0.2, -0.15) is 0 Å². The highest BCUT2D eigenvalue weighted by atomic mass is 16.7. The molecule has 2 unspecified atom stereocenters. The van der Waals surface area contributed by atoms with Crippen LogP contribution in [0.4, 0.5) is 5.69 Å². The summed E-state index contributed by atoms with van der Waals surface area (Å²) in [5, 5.41) is 6.77. The second-order valence-electron chi connectivity index (χ2n) is 9.06. The SMILES string of the molecule is CC1=NOC(C)(C(C)(C)C)C1C.CCC(=O)Cc1ccc(NC(=O)c2ncc[nH]2)cc1. The van der Waals surface area contributed by atoms with E-state index in [1.807, 2.05) is 26.0 Å². The van der Waals surface area contributed by atoms with Crippen molar-refractivity contribution >= 4 is 23.1 Å². The van der Waals surface area contributed by atoms with Gasteiger partial charge in [0.2, 0.25) is 0 Å². The Morgan fingerprint density at radius 2 is 1.87 bits per heavy atom. The van der Waals surface area contributed by atoms with Crippen molar-refractivity contribution in [2.45, 2.75) is 66.9 Å². The number of nitrogens with zero attached hydrogens (tertiary/aromatic N) is 2. The number of anilines is 1. The van der Waals surface area contributed by atoms with Crippen molar-refractivity contribution in [3.8, 4) is 0 Å². The lowest BCUT2D eigenvalue weighted by Crippen LogP contribution is -2.45. The lowest BCUT2D eigenvalue weighted by molar-refractivity contribution is -0.118. The van der Waals surface area contributed by atoms with Crippen molar-refractivity contribution in [1.82, 2.24) is 9.97 Å². The zero-order valence-electron chi connectivity index (χ0n) is 19.6. The normalized spacial score (nSPS) is 20.2. The molecule has 168 valence electrons. The molecule has 2 aromatic rings. The van der Waals surface area contributed by atoms with Gasteiger partial charge < -0.3 is 15.1 Å². The van der Waals surface area contributed by atoms with Gasteiger partial charge in [-0.3, -0.25) is 9.59 Å². The molecule has 1 amide bonds. The third kappa shape index (κ3) is 6.03. The quantitative estimate of drug-likeness (QED) is 0.702. The maximum absolute atomic E-state index is 11.7. The Morgan fingerprint density at radius 3 is 2.29 bits per heavy atom. The second kappa shape index (κ2) is 9.90. The number of amides is 1. The van der Waals surface area contributed by atoms with Crippen molar-refractivity contribution in [3.05, 3.63) is 48.0 Å². The Bertz CT molecular complexity index is 911. The first-order chi connectivity index (χ1) is 14.5. The zero-order chi connectivity index (χ0) is 23.2. The van der Waals surface area contributed by atoms with Gasteiger partial charge in [0, 0.05) is 42.3 Å². The summed E-state index contributed by atoms with van der Waals surface area (Å²) in [4.78, 5) is 35.2. The molecule has 2 atom stereocenters. The lowest BCUT2D eigenvalue weighted by Gasteiger charge is -2.39. The van der Waals surface area contributed by atoms with E-state index in [1.54, 1.807) is 18.3 Å². The summed E-state index contributed by atoms with van der Waals surface area (Å²) < 4.78 is 0. The van der Waals surface area contributed by atoms with Crippen LogP contribution in [-0.2, 0) is 16.1 Å². The van der Waals surface area contributed by atoms with Crippen LogP contribution >= 0.6 is 0 Å². The fourth-order valence-electron chi connectivity index (χ4n) is 3.15. The van der Waals surface area contributed by atoms with Crippen molar-refractivity contribution < 1.29 is 14.4 Å². The van der Waals surface area contributed by atoms with E-state index in [-0.39, 0.29) is 28.5 Å². The molecule has 0 aliphatic carbocycles. The van der Waals surface area contributed by atoms with Gasteiger partial charge in [0.05, 0.1) is 5.71 Å². The number of hydrogen-bond donors (Lipinski definition) is 2. The molecule has 0 fully saturated rings. The van der Waals surface area contributed by atoms with Gasteiger partial charge >= 0.3 is 0 Å². The highest BCUT2D eigenvalue weighted by Gasteiger charge is 2.49. The molecule has 0 spiro atoms. The van der Waals surface area contributed by atoms with Gasteiger partial charge in [0.1, 0.15) is 11.4 Å². The van der Waals surface area contributed by atoms with Crippen LogP contribution in [0.15, 0.2) is 41.8 Å². The number of carbonyl (C=O) groups excluding carboxylic acids is 2. The van der Waals surface area contributed by atoms with Crippen LogP contribution in [0, 0.1) is 11.3 Å². The van der Waals surface area contributed by atoms with Crippen molar-refractivity contribution in [1.29, 1.82) is 0 Å². The number of nitrogens with one attached hydrogen (secondary N) is 2. The average molecular weight is 427 g/mol. The molecule has 0 radical (unpaired) electrons. The Balaban J connectivity index is 0.000000245. The molecule has 2 heterocycles. The molecule has 0 saturated carbocycles. The largest absolute Gasteiger partial charge is 0.388 e. The highest BCUT2D eigenvalue weighted by molar-refractivity contribution is 6.01. The van der Waals surface area contributed by atoms with Crippen LogP contribution in [0.5, 0.6) is 0 Å². The number of carbonyl (C=O) groups is 2. The van der Waals surface area contributed by atoms with Crippen LogP contribution in [0.2, 0.25) is 0 Å². The minimum Gasteiger partial charge on any atom is -0.388 e. The van der Waals surface area contributed by atoms with E-state index in [4.69, 9.17) is 4.84 Å². The minimum absolute atomic E-state index is 0.133. The molecule has 1 aromatic carbocycles. The number of benzene rings is 1. The Morgan fingerprint density at radius 1 is 1.23 bits per heavy atom. The molecule has 0 saturated heterocycles. The maximum Gasteiger partial charge on any atom is 0.291 e. The summed E-state index contributed by atoms with van der Waals surface area (Å²) in [5.41, 5.74) is 2.72. The smallest absolute Gasteiger partial charge is 0.291 e. The van der Waals surface area contributed by atoms with E-state index in [9.17, 15) is 9.59 Å². The van der Waals surface area contributed by atoms with E-state index >= 15 is 0 Å². The van der Waals surface area contributed by atoms with Crippen molar-refractivity contribution in [3.63, 3.8) is 0 Å². The topological polar surface area (TPSA) is 96.4 Å². The molecule has 0 bridgehead atoms. The molecule has 7 nitrogen and oxygen atoms in total. The first kappa shape index (κ1) is 24.3. The highest BCUT2D eigenvalue weighted by Crippen LogP contribution is 2.43. The van der Waals surface area contributed by atoms with Crippen LogP contribution in [0.25, 0.3) is 0 Å². The molecule has 2 N–H and O–H groups in total. The number of rotatable bonds is 5. The van der Waals surface area contributed by atoms with Gasteiger partial charge in [-0.05, 0) is 31.5 Å². The van der Waals surface area contributed by atoms with Crippen LogP contribution in [-0.4, -0.2) is 33.0 Å². The van der Waals surface area contributed by atoms with Crippen LogP contribution in [0.1, 0.15) is 71.1 Å². The summed E-state index contributed by atoms with van der Waals surface area (Å²) >= 11 is 0. The first-order valence-electron chi connectivity index (χ1n) is 10.6. The number of hydrogen-bond acceptors (Lipinski definition) is 5. The maximum atomic E-state index is 11.7. The summed E-state index contributed by atoms with van der Waals surface area (Å²) in [6.07, 6.45) is 4.09. The molecule has 1 aliphatic heterocycles. The fraction of sp³-hybridized carbons (Fsp3) is 0.500. The lowest BCUT2D eigenvalue weighted by atomic mass is 9.70. The molecular weight excluding hydrogens is 392 g/mol. The second-order valence-corrected chi connectivity index (χ2v) is 9.06. The van der Waals surface area contributed by atoms with E-state index in [1.165, 1.54) is 6.20 Å². The third-order valence-electron chi connectivity index (χ3n) is 6.04. The first-order valence-corrected chi connectivity index (χ1v) is 10.6. The zero-order valence-corrected chi connectivity index (χ0v) is 19.6. The number of imidazole rings is 1. The molecule has 1 aromatic heterocycles.